The molecular weight excluding hydrogens is 453 g/mol. The minimum atomic E-state index is -4.61. The van der Waals surface area contributed by atoms with E-state index in [4.69, 9.17) is 14.2 Å². The Hall–Kier alpha value is -2.03. The third-order valence-electron chi connectivity index (χ3n) is 3.40. The molecule has 0 spiro atoms. The van der Waals surface area contributed by atoms with Crippen molar-refractivity contribution in [3.8, 4) is 28.8 Å². The van der Waals surface area contributed by atoms with Crippen LogP contribution in [0.15, 0.2) is 22.8 Å². The van der Waals surface area contributed by atoms with Gasteiger partial charge in [-0.2, -0.15) is 18.2 Å². The number of benzene rings is 1. The highest BCUT2D eigenvalue weighted by molar-refractivity contribution is 9.10. The predicted octanol–water partition coefficient (Wildman–Crippen LogP) is 6.29. The molecule has 1 aromatic heterocycles. The van der Waals surface area contributed by atoms with Gasteiger partial charge in [0.25, 0.3) is 0 Å². The van der Waals surface area contributed by atoms with E-state index in [1.54, 1.807) is 0 Å². The van der Waals surface area contributed by atoms with Crippen molar-refractivity contribution in [3.05, 3.63) is 28.4 Å². The lowest BCUT2D eigenvalue weighted by molar-refractivity contribution is -0.138. The van der Waals surface area contributed by atoms with Gasteiger partial charge in [0.1, 0.15) is 17.0 Å². The molecule has 1 aromatic carbocycles. The summed E-state index contributed by atoms with van der Waals surface area (Å²) in [6, 6.07) is 2.57. The number of rotatable bonds is 4. The summed E-state index contributed by atoms with van der Waals surface area (Å²) in [5.74, 6) is -0.176. The molecule has 0 unspecified atom stereocenters. The molecule has 0 atom stereocenters. The van der Waals surface area contributed by atoms with Crippen LogP contribution in [0.5, 0.6) is 17.6 Å². The van der Waals surface area contributed by atoms with Crippen LogP contribution in [-0.2, 0) is 6.18 Å². The van der Waals surface area contributed by atoms with Crippen molar-refractivity contribution in [2.24, 2.45) is 0 Å². The molecule has 0 N–H and O–H groups in total. The van der Waals surface area contributed by atoms with E-state index in [-0.39, 0.29) is 27.7 Å². The highest BCUT2D eigenvalue weighted by Crippen LogP contribution is 2.44. The van der Waals surface area contributed by atoms with Gasteiger partial charge in [-0.3, -0.25) is 0 Å². The third kappa shape index (κ3) is 6.22. The van der Waals surface area contributed by atoms with E-state index >= 15 is 0 Å². The lowest BCUT2D eigenvalue weighted by atomic mass is 10.0. The minimum absolute atomic E-state index is 0.0733. The predicted molar refractivity (Wildman–Crippen MR) is 107 cm³/mol. The average molecular weight is 477 g/mol. The molecule has 0 aliphatic carbocycles. The quantitative estimate of drug-likeness (QED) is 0.518. The van der Waals surface area contributed by atoms with Crippen molar-refractivity contribution in [2.45, 2.75) is 58.9 Å². The molecule has 1 heterocycles. The van der Waals surface area contributed by atoms with E-state index in [1.807, 2.05) is 41.5 Å². The van der Waals surface area contributed by atoms with Gasteiger partial charge in [0.2, 0.25) is 5.88 Å². The fourth-order valence-electron chi connectivity index (χ4n) is 2.41. The maximum atomic E-state index is 13.5. The molecule has 0 fully saturated rings. The topological polar surface area (TPSA) is 53.5 Å². The van der Waals surface area contributed by atoms with Crippen molar-refractivity contribution in [3.63, 3.8) is 0 Å². The summed E-state index contributed by atoms with van der Waals surface area (Å²) in [6.45, 7) is 11.0. The zero-order valence-electron chi connectivity index (χ0n) is 17.4. The highest BCUT2D eigenvalue weighted by atomic mass is 79.9. The summed E-state index contributed by atoms with van der Waals surface area (Å²) in [6.07, 6.45) is -3.21. The van der Waals surface area contributed by atoms with Gasteiger partial charge in [-0.25, -0.2) is 4.98 Å². The van der Waals surface area contributed by atoms with Crippen LogP contribution in [0.4, 0.5) is 13.2 Å². The number of aromatic nitrogens is 2. The first-order chi connectivity index (χ1) is 13.1. The number of methoxy groups -OCH3 is 1. The van der Waals surface area contributed by atoms with Crippen molar-refractivity contribution in [2.75, 3.05) is 7.11 Å². The molecule has 0 radical (unpaired) electrons. The number of alkyl halides is 3. The van der Waals surface area contributed by atoms with Crippen LogP contribution in [-0.4, -0.2) is 28.3 Å². The maximum absolute atomic E-state index is 13.5. The molecule has 0 aliphatic heterocycles. The average Bonchev–Trinajstić information content (AvgIpc) is 2.50. The zero-order chi connectivity index (χ0) is 22.2. The highest BCUT2D eigenvalue weighted by Gasteiger charge is 2.36. The van der Waals surface area contributed by atoms with Crippen LogP contribution in [0.3, 0.4) is 0 Å². The summed E-state index contributed by atoms with van der Waals surface area (Å²) in [7, 11) is 1.19. The molecule has 2 rings (SSSR count). The molecule has 0 aliphatic rings. The van der Waals surface area contributed by atoms with E-state index in [2.05, 4.69) is 25.9 Å². The van der Waals surface area contributed by atoms with Gasteiger partial charge >= 0.3 is 12.2 Å². The fourth-order valence-corrected chi connectivity index (χ4v) is 3.03. The van der Waals surface area contributed by atoms with E-state index in [0.717, 1.165) is 6.07 Å². The van der Waals surface area contributed by atoms with Crippen LogP contribution in [0.2, 0.25) is 0 Å². The van der Waals surface area contributed by atoms with Crippen molar-refractivity contribution in [1.29, 1.82) is 0 Å². The molecule has 9 heteroatoms. The van der Waals surface area contributed by atoms with Gasteiger partial charge in [0, 0.05) is 6.20 Å². The second-order valence-electron chi connectivity index (χ2n) is 8.34. The lowest BCUT2D eigenvalue weighted by Crippen LogP contribution is -2.26. The second kappa shape index (κ2) is 8.01. The van der Waals surface area contributed by atoms with Gasteiger partial charge in [-0.1, -0.05) is 0 Å². The Morgan fingerprint density at radius 3 is 2.00 bits per heavy atom. The zero-order valence-corrected chi connectivity index (χ0v) is 18.9. The summed E-state index contributed by atoms with van der Waals surface area (Å²) >= 11 is 3.16. The van der Waals surface area contributed by atoms with E-state index in [1.165, 1.54) is 19.4 Å². The summed E-state index contributed by atoms with van der Waals surface area (Å²) in [4.78, 5) is 8.45. The Morgan fingerprint density at radius 1 is 0.931 bits per heavy atom. The summed E-state index contributed by atoms with van der Waals surface area (Å²) in [5.41, 5.74) is -1.58. The van der Waals surface area contributed by atoms with Crippen LogP contribution < -0.4 is 14.2 Å². The number of nitrogens with zero attached hydrogens (tertiary/aromatic N) is 2. The Kier molecular flexibility index (Phi) is 6.42. The van der Waals surface area contributed by atoms with Crippen molar-refractivity contribution < 1.29 is 27.4 Å². The van der Waals surface area contributed by atoms with Gasteiger partial charge in [0.15, 0.2) is 0 Å². The largest absolute Gasteiger partial charge is 0.495 e. The molecule has 160 valence electrons. The minimum Gasteiger partial charge on any atom is -0.495 e. The van der Waals surface area contributed by atoms with Crippen LogP contribution in [0.25, 0.3) is 11.1 Å². The van der Waals surface area contributed by atoms with Gasteiger partial charge in [0.05, 0.1) is 22.7 Å². The molecular formula is C20H24BrF3N2O3. The van der Waals surface area contributed by atoms with Gasteiger partial charge < -0.3 is 14.2 Å². The van der Waals surface area contributed by atoms with Crippen LogP contribution in [0, 0.1) is 0 Å². The van der Waals surface area contributed by atoms with Gasteiger partial charge in [-0.15, -0.1) is 0 Å². The van der Waals surface area contributed by atoms with E-state index in [0.29, 0.717) is 5.56 Å². The molecule has 0 bridgehead atoms. The van der Waals surface area contributed by atoms with Crippen molar-refractivity contribution >= 4 is 15.9 Å². The standard InChI is InChI=1S/C20H24BrF3N2O3/c1-18(2,3)28-16-12(10-25-17(26-16)29-19(4,5)6)11-8-13(20(22,23)24)15(27-7)14(21)9-11/h8-10H,1-7H3. The number of halogens is 4. The van der Waals surface area contributed by atoms with Gasteiger partial charge in [-0.05, 0) is 75.2 Å². The lowest BCUT2D eigenvalue weighted by Gasteiger charge is -2.24. The molecule has 5 nitrogen and oxygen atoms in total. The second-order valence-corrected chi connectivity index (χ2v) is 9.19. The monoisotopic (exact) mass is 476 g/mol. The summed E-state index contributed by atoms with van der Waals surface area (Å²) in [5, 5.41) is 0. The third-order valence-corrected chi connectivity index (χ3v) is 3.99. The smallest absolute Gasteiger partial charge is 0.420 e. The molecule has 29 heavy (non-hydrogen) atoms. The Bertz CT molecular complexity index is 888. The normalized spacial score (nSPS) is 12.7. The SMILES string of the molecule is COc1c(Br)cc(-c2cnc(OC(C)(C)C)nc2OC(C)(C)C)cc1C(F)(F)F. The number of hydrogen-bond donors (Lipinski definition) is 0. The van der Waals surface area contributed by atoms with Crippen LogP contribution >= 0.6 is 15.9 Å². The number of ether oxygens (including phenoxy) is 3. The molecule has 2 aromatic rings. The Balaban J connectivity index is 2.68. The fraction of sp³-hybridized carbons (Fsp3) is 0.500. The first-order valence-corrected chi connectivity index (χ1v) is 9.60. The molecule has 0 saturated carbocycles. The van der Waals surface area contributed by atoms with E-state index in [9.17, 15) is 13.2 Å². The Morgan fingerprint density at radius 2 is 1.52 bits per heavy atom. The number of hydrogen-bond acceptors (Lipinski definition) is 5. The van der Waals surface area contributed by atoms with Crippen LogP contribution in [0.1, 0.15) is 47.1 Å². The maximum Gasteiger partial charge on any atom is 0.420 e. The first-order valence-electron chi connectivity index (χ1n) is 8.81. The first kappa shape index (κ1) is 23.3. The Labute approximate surface area is 176 Å². The van der Waals surface area contributed by atoms with Crippen molar-refractivity contribution in [1.82, 2.24) is 9.97 Å². The summed E-state index contributed by atoms with van der Waals surface area (Å²) < 4.78 is 57.3. The molecule has 0 amide bonds. The van der Waals surface area contributed by atoms with E-state index < -0.39 is 22.9 Å². The molecule has 0 saturated heterocycles.